The molecule has 1 saturated heterocycles. The summed E-state index contributed by atoms with van der Waals surface area (Å²) in [7, 11) is 0. The highest BCUT2D eigenvalue weighted by molar-refractivity contribution is 5.85. The molecule has 1 aliphatic heterocycles. The number of hydrogen-bond acceptors (Lipinski definition) is 3. The van der Waals surface area contributed by atoms with Crippen LogP contribution in [0.25, 0.3) is 0 Å². The van der Waals surface area contributed by atoms with Crippen molar-refractivity contribution >= 4 is 24.2 Å². The molecule has 2 amide bonds. The molecule has 6 heteroatoms. The Balaban J connectivity index is 0.00000441. The summed E-state index contributed by atoms with van der Waals surface area (Å²) in [5.74, 6) is 0.946. The first-order chi connectivity index (χ1) is 10.0. The predicted octanol–water partition coefficient (Wildman–Crippen LogP) is 1.95. The topological polar surface area (TPSA) is 61.4 Å². The van der Waals surface area contributed by atoms with Crippen molar-refractivity contribution in [2.24, 2.45) is 5.92 Å². The van der Waals surface area contributed by atoms with Gasteiger partial charge in [-0.05, 0) is 52.1 Å². The molecule has 0 saturated carbocycles. The minimum absolute atomic E-state index is 0. The number of nitrogens with one attached hydrogen (secondary N) is 2. The number of carbonyl (C=O) groups is 2. The average molecular weight is 334 g/mol. The second kappa shape index (κ2) is 11.7. The summed E-state index contributed by atoms with van der Waals surface area (Å²) in [5, 5.41) is 6.23. The standard InChI is InChI=1S/C16H31N3O2.ClH/c1-4-17-12-14-8-10-19(11-9-14)16(21)7-5-6-15(20)18-13(2)3;/h13-14,17H,4-12H2,1-3H3,(H,18,20);1H. The van der Waals surface area contributed by atoms with Crippen LogP contribution in [0.4, 0.5) is 0 Å². The van der Waals surface area contributed by atoms with Crippen LogP contribution < -0.4 is 10.6 Å². The van der Waals surface area contributed by atoms with Crippen LogP contribution in [0, 0.1) is 5.92 Å². The minimum Gasteiger partial charge on any atom is -0.354 e. The van der Waals surface area contributed by atoms with E-state index in [9.17, 15) is 9.59 Å². The molecule has 0 unspecified atom stereocenters. The summed E-state index contributed by atoms with van der Waals surface area (Å²) in [6.45, 7) is 9.82. The maximum atomic E-state index is 12.1. The Morgan fingerprint density at radius 3 is 2.36 bits per heavy atom. The van der Waals surface area contributed by atoms with Gasteiger partial charge in [-0.25, -0.2) is 0 Å². The summed E-state index contributed by atoms with van der Waals surface area (Å²) < 4.78 is 0. The zero-order valence-electron chi connectivity index (χ0n) is 14.2. The second-order valence-electron chi connectivity index (χ2n) is 6.21. The Kier molecular flexibility index (Phi) is 11.3. The maximum absolute atomic E-state index is 12.1. The first kappa shape index (κ1) is 21.2. The van der Waals surface area contributed by atoms with Crippen molar-refractivity contribution in [3.63, 3.8) is 0 Å². The van der Waals surface area contributed by atoms with Crippen molar-refractivity contribution in [1.29, 1.82) is 0 Å². The van der Waals surface area contributed by atoms with Crippen LogP contribution in [0.3, 0.4) is 0 Å². The zero-order chi connectivity index (χ0) is 15.7. The van der Waals surface area contributed by atoms with Crippen LogP contribution in [0.1, 0.15) is 52.9 Å². The van der Waals surface area contributed by atoms with Gasteiger partial charge in [-0.15, -0.1) is 12.4 Å². The van der Waals surface area contributed by atoms with Crippen molar-refractivity contribution in [3.05, 3.63) is 0 Å². The lowest BCUT2D eigenvalue weighted by Gasteiger charge is -2.32. The summed E-state index contributed by atoms with van der Waals surface area (Å²) in [6, 6.07) is 0.170. The number of hydrogen-bond donors (Lipinski definition) is 2. The Morgan fingerprint density at radius 2 is 1.82 bits per heavy atom. The first-order valence-electron chi connectivity index (χ1n) is 8.30. The van der Waals surface area contributed by atoms with Crippen LogP contribution in [0.2, 0.25) is 0 Å². The fraction of sp³-hybridized carbons (Fsp3) is 0.875. The summed E-state index contributed by atoms with van der Waals surface area (Å²) >= 11 is 0. The van der Waals surface area contributed by atoms with E-state index in [1.165, 1.54) is 0 Å². The predicted molar refractivity (Wildman–Crippen MR) is 92.2 cm³/mol. The van der Waals surface area contributed by atoms with Crippen LogP contribution in [0.5, 0.6) is 0 Å². The molecule has 0 aromatic rings. The lowest BCUT2D eigenvalue weighted by atomic mass is 9.96. The highest BCUT2D eigenvalue weighted by Crippen LogP contribution is 2.17. The van der Waals surface area contributed by atoms with Crippen LogP contribution in [-0.4, -0.2) is 48.9 Å². The molecule has 1 heterocycles. The molecule has 2 N–H and O–H groups in total. The summed E-state index contributed by atoms with van der Waals surface area (Å²) in [5.41, 5.74) is 0. The molecule has 1 fully saturated rings. The van der Waals surface area contributed by atoms with Gasteiger partial charge >= 0.3 is 0 Å². The van der Waals surface area contributed by atoms with Gasteiger partial charge in [0.1, 0.15) is 0 Å². The zero-order valence-corrected chi connectivity index (χ0v) is 15.0. The van der Waals surface area contributed by atoms with E-state index in [0.29, 0.717) is 25.2 Å². The lowest BCUT2D eigenvalue weighted by molar-refractivity contribution is -0.132. The number of nitrogens with zero attached hydrogens (tertiary/aromatic N) is 1. The van der Waals surface area contributed by atoms with Crippen molar-refractivity contribution < 1.29 is 9.59 Å². The largest absolute Gasteiger partial charge is 0.354 e. The molecular formula is C16H32ClN3O2. The quantitative estimate of drug-likeness (QED) is 0.713. The van der Waals surface area contributed by atoms with Gasteiger partial charge in [0.05, 0.1) is 0 Å². The van der Waals surface area contributed by atoms with Crippen molar-refractivity contribution in [1.82, 2.24) is 15.5 Å². The van der Waals surface area contributed by atoms with E-state index >= 15 is 0 Å². The molecule has 0 bridgehead atoms. The van der Waals surface area contributed by atoms with E-state index < -0.39 is 0 Å². The smallest absolute Gasteiger partial charge is 0.222 e. The van der Waals surface area contributed by atoms with E-state index in [1.54, 1.807) is 0 Å². The number of rotatable bonds is 8. The number of halogens is 1. The fourth-order valence-electron chi connectivity index (χ4n) is 2.69. The van der Waals surface area contributed by atoms with Crippen LogP contribution >= 0.6 is 12.4 Å². The molecule has 130 valence electrons. The first-order valence-corrected chi connectivity index (χ1v) is 8.30. The van der Waals surface area contributed by atoms with Gasteiger partial charge in [0, 0.05) is 32.0 Å². The summed E-state index contributed by atoms with van der Waals surface area (Å²) in [4.78, 5) is 25.6. The van der Waals surface area contributed by atoms with E-state index in [-0.39, 0.29) is 30.3 Å². The van der Waals surface area contributed by atoms with Crippen molar-refractivity contribution in [3.8, 4) is 0 Å². The summed E-state index contributed by atoms with van der Waals surface area (Å²) in [6.07, 6.45) is 3.76. The van der Waals surface area contributed by atoms with Gasteiger partial charge in [0.2, 0.25) is 11.8 Å². The van der Waals surface area contributed by atoms with Crippen molar-refractivity contribution in [2.45, 2.75) is 58.9 Å². The van der Waals surface area contributed by atoms with E-state index in [0.717, 1.165) is 39.0 Å². The molecular weight excluding hydrogens is 302 g/mol. The molecule has 22 heavy (non-hydrogen) atoms. The SMILES string of the molecule is CCNCC1CCN(C(=O)CCCC(=O)NC(C)C)CC1.Cl. The molecule has 0 atom stereocenters. The lowest BCUT2D eigenvalue weighted by Crippen LogP contribution is -2.40. The highest BCUT2D eigenvalue weighted by Gasteiger charge is 2.22. The number of piperidine rings is 1. The molecule has 0 aromatic heterocycles. The fourth-order valence-corrected chi connectivity index (χ4v) is 2.69. The van der Waals surface area contributed by atoms with Gasteiger partial charge in [-0.1, -0.05) is 6.92 Å². The van der Waals surface area contributed by atoms with Gasteiger partial charge in [0.15, 0.2) is 0 Å². The number of amides is 2. The molecule has 0 aromatic carbocycles. The van der Waals surface area contributed by atoms with E-state index in [2.05, 4.69) is 17.6 Å². The molecule has 5 nitrogen and oxygen atoms in total. The van der Waals surface area contributed by atoms with Gasteiger partial charge in [-0.2, -0.15) is 0 Å². The van der Waals surface area contributed by atoms with Gasteiger partial charge < -0.3 is 15.5 Å². The van der Waals surface area contributed by atoms with E-state index in [1.807, 2.05) is 18.7 Å². The highest BCUT2D eigenvalue weighted by atomic mass is 35.5. The third-order valence-electron chi connectivity index (χ3n) is 3.89. The third kappa shape index (κ3) is 8.59. The average Bonchev–Trinajstić information content (AvgIpc) is 2.44. The normalized spacial score (nSPS) is 15.5. The monoisotopic (exact) mass is 333 g/mol. The molecule has 0 radical (unpaired) electrons. The van der Waals surface area contributed by atoms with Crippen molar-refractivity contribution in [2.75, 3.05) is 26.2 Å². The Morgan fingerprint density at radius 1 is 1.18 bits per heavy atom. The van der Waals surface area contributed by atoms with Crippen LogP contribution in [-0.2, 0) is 9.59 Å². The molecule has 1 aliphatic rings. The van der Waals surface area contributed by atoms with Gasteiger partial charge in [-0.3, -0.25) is 9.59 Å². The van der Waals surface area contributed by atoms with Gasteiger partial charge in [0.25, 0.3) is 0 Å². The Bertz CT molecular complexity index is 329. The number of likely N-dealkylation sites (tertiary alicyclic amines) is 1. The number of carbonyl (C=O) groups excluding carboxylic acids is 2. The minimum atomic E-state index is 0. The second-order valence-corrected chi connectivity index (χ2v) is 6.21. The molecule has 0 aliphatic carbocycles. The molecule has 0 spiro atoms. The maximum Gasteiger partial charge on any atom is 0.222 e. The van der Waals surface area contributed by atoms with E-state index in [4.69, 9.17) is 0 Å². The van der Waals surface area contributed by atoms with Crippen LogP contribution in [0.15, 0.2) is 0 Å². The Hall–Kier alpha value is -0.810. The third-order valence-corrected chi connectivity index (χ3v) is 3.89. The Labute approximate surface area is 141 Å². The molecule has 1 rings (SSSR count).